The largest absolute Gasteiger partial charge is 0.467 e. The molecular weight excluding hydrogens is 296 g/mol. The van der Waals surface area contributed by atoms with Crippen molar-refractivity contribution in [2.75, 3.05) is 14.2 Å². The third-order valence-electron chi connectivity index (χ3n) is 3.28. The summed E-state index contributed by atoms with van der Waals surface area (Å²) in [4.78, 5) is 25.6. The van der Waals surface area contributed by atoms with Gasteiger partial charge in [0.25, 0.3) is 0 Å². The maximum absolute atomic E-state index is 12.2. The number of ether oxygens (including phenoxy) is 2. The molecule has 0 fully saturated rings. The van der Waals surface area contributed by atoms with Crippen LogP contribution in [0.4, 0.5) is 4.79 Å². The van der Waals surface area contributed by atoms with E-state index in [9.17, 15) is 9.59 Å². The summed E-state index contributed by atoms with van der Waals surface area (Å²) in [6.07, 6.45) is -0.237. The summed E-state index contributed by atoms with van der Waals surface area (Å²) in [6.45, 7) is 5.74. The van der Waals surface area contributed by atoms with Crippen LogP contribution >= 0.6 is 0 Å². The molecule has 0 aliphatic rings. The maximum atomic E-state index is 12.2. The minimum Gasteiger partial charge on any atom is -0.467 e. The molecule has 1 amide bonds. The first-order valence-corrected chi connectivity index (χ1v) is 7.49. The average Bonchev–Trinajstić information content (AvgIpc) is 2.49. The maximum Gasteiger partial charge on any atom is 0.410 e. The monoisotopic (exact) mass is 322 g/mol. The molecule has 6 heteroatoms. The Kier molecular flexibility index (Phi) is 6.57. The van der Waals surface area contributed by atoms with Gasteiger partial charge >= 0.3 is 12.1 Å². The Morgan fingerprint density at radius 1 is 1.26 bits per heavy atom. The number of rotatable bonds is 5. The fourth-order valence-corrected chi connectivity index (χ4v) is 2.08. The van der Waals surface area contributed by atoms with Crippen LogP contribution in [0.1, 0.15) is 31.9 Å². The number of hydrogen-bond donors (Lipinski definition) is 1. The molecule has 6 nitrogen and oxygen atoms in total. The molecule has 0 aliphatic carbocycles. The van der Waals surface area contributed by atoms with Gasteiger partial charge in [-0.1, -0.05) is 24.3 Å². The number of likely N-dealkylation sites (N-methyl/N-ethyl adjacent to an activating group) is 1. The third kappa shape index (κ3) is 5.90. The van der Waals surface area contributed by atoms with Crippen molar-refractivity contribution in [2.45, 2.75) is 45.4 Å². The molecule has 0 bridgehead atoms. The number of benzene rings is 1. The standard InChI is InChI=1S/C17H26N2O4/c1-17(2,3)23-16(21)19(4)14(15(20)22-5)10-12-7-6-8-13(9-12)11-18/h6-9,14H,10-11,18H2,1-5H3/t14-/m1/s1. The Hall–Kier alpha value is -2.08. The van der Waals surface area contributed by atoms with Crippen molar-refractivity contribution in [3.63, 3.8) is 0 Å². The molecule has 0 aromatic heterocycles. The number of carbonyl (C=O) groups is 2. The molecule has 0 radical (unpaired) electrons. The van der Waals surface area contributed by atoms with Gasteiger partial charge in [0.15, 0.2) is 0 Å². The number of nitrogens with zero attached hydrogens (tertiary/aromatic N) is 1. The number of esters is 1. The fourth-order valence-electron chi connectivity index (χ4n) is 2.08. The zero-order valence-electron chi connectivity index (χ0n) is 14.5. The van der Waals surface area contributed by atoms with Gasteiger partial charge in [-0.2, -0.15) is 0 Å². The smallest absolute Gasteiger partial charge is 0.410 e. The first-order chi connectivity index (χ1) is 10.7. The van der Waals surface area contributed by atoms with Crippen LogP contribution in [-0.2, 0) is 27.2 Å². The van der Waals surface area contributed by atoms with E-state index in [0.29, 0.717) is 13.0 Å². The van der Waals surface area contributed by atoms with Crippen molar-refractivity contribution >= 4 is 12.1 Å². The average molecular weight is 322 g/mol. The highest BCUT2D eigenvalue weighted by Crippen LogP contribution is 2.15. The van der Waals surface area contributed by atoms with E-state index < -0.39 is 23.7 Å². The Morgan fingerprint density at radius 2 is 1.87 bits per heavy atom. The van der Waals surface area contributed by atoms with Gasteiger partial charge in [-0.15, -0.1) is 0 Å². The van der Waals surface area contributed by atoms with Gasteiger partial charge < -0.3 is 15.2 Å². The Balaban J connectivity index is 2.95. The molecule has 0 saturated heterocycles. The molecule has 0 unspecified atom stereocenters. The van der Waals surface area contributed by atoms with E-state index in [0.717, 1.165) is 11.1 Å². The summed E-state index contributed by atoms with van der Waals surface area (Å²) in [5.74, 6) is -0.489. The molecular formula is C17H26N2O4. The summed E-state index contributed by atoms with van der Waals surface area (Å²) in [5.41, 5.74) is 6.87. The van der Waals surface area contributed by atoms with Crippen molar-refractivity contribution < 1.29 is 19.1 Å². The van der Waals surface area contributed by atoms with Crippen molar-refractivity contribution in [1.82, 2.24) is 4.90 Å². The molecule has 0 heterocycles. The Bertz CT molecular complexity index is 552. The number of nitrogens with two attached hydrogens (primary N) is 1. The highest BCUT2D eigenvalue weighted by Gasteiger charge is 2.31. The quantitative estimate of drug-likeness (QED) is 0.840. The molecule has 1 aromatic rings. The minimum absolute atomic E-state index is 0.330. The van der Waals surface area contributed by atoms with Crippen LogP contribution in [0, 0.1) is 0 Å². The number of hydrogen-bond acceptors (Lipinski definition) is 5. The normalized spacial score (nSPS) is 12.4. The third-order valence-corrected chi connectivity index (χ3v) is 3.28. The molecule has 23 heavy (non-hydrogen) atoms. The van der Waals surface area contributed by atoms with E-state index >= 15 is 0 Å². The zero-order valence-corrected chi connectivity index (χ0v) is 14.5. The van der Waals surface area contributed by atoms with Crippen LogP contribution in [0.25, 0.3) is 0 Å². The van der Waals surface area contributed by atoms with Crippen LogP contribution in [0.15, 0.2) is 24.3 Å². The lowest BCUT2D eigenvalue weighted by Gasteiger charge is -2.29. The minimum atomic E-state index is -0.761. The van der Waals surface area contributed by atoms with Gasteiger partial charge in [0.2, 0.25) is 0 Å². The topological polar surface area (TPSA) is 81.9 Å². The molecule has 1 aromatic carbocycles. The molecule has 0 aliphatic heterocycles. The van der Waals surface area contributed by atoms with Gasteiger partial charge in [-0.25, -0.2) is 9.59 Å². The SMILES string of the molecule is COC(=O)[C@@H](Cc1cccc(CN)c1)N(C)C(=O)OC(C)(C)C. The molecule has 0 spiro atoms. The predicted octanol–water partition coefficient (Wildman–Crippen LogP) is 2.10. The molecule has 1 atom stereocenters. The van der Waals surface area contributed by atoms with E-state index in [1.165, 1.54) is 19.1 Å². The summed E-state index contributed by atoms with van der Waals surface area (Å²) < 4.78 is 10.1. The van der Waals surface area contributed by atoms with E-state index in [1.807, 2.05) is 24.3 Å². The van der Waals surface area contributed by atoms with Crippen LogP contribution in [-0.4, -0.2) is 42.8 Å². The molecule has 0 saturated carbocycles. The van der Waals surface area contributed by atoms with Crippen molar-refractivity contribution in [1.29, 1.82) is 0 Å². The Morgan fingerprint density at radius 3 is 2.39 bits per heavy atom. The van der Waals surface area contributed by atoms with Crippen LogP contribution in [0.3, 0.4) is 0 Å². The van der Waals surface area contributed by atoms with Gasteiger partial charge in [0.1, 0.15) is 11.6 Å². The first kappa shape index (κ1) is 19.0. The number of amides is 1. The van der Waals surface area contributed by atoms with E-state index in [2.05, 4.69) is 0 Å². The molecule has 2 N–H and O–H groups in total. The summed E-state index contributed by atoms with van der Waals surface area (Å²) in [5, 5.41) is 0. The van der Waals surface area contributed by atoms with Crippen molar-refractivity contribution in [3.05, 3.63) is 35.4 Å². The lowest BCUT2D eigenvalue weighted by Crippen LogP contribution is -2.46. The highest BCUT2D eigenvalue weighted by atomic mass is 16.6. The van der Waals surface area contributed by atoms with Gasteiger partial charge in [-0.05, 0) is 31.9 Å². The second-order valence-electron chi connectivity index (χ2n) is 6.36. The van der Waals surface area contributed by atoms with E-state index in [4.69, 9.17) is 15.2 Å². The summed E-state index contributed by atoms with van der Waals surface area (Å²) >= 11 is 0. The van der Waals surface area contributed by atoms with Crippen LogP contribution in [0.5, 0.6) is 0 Å². The van der Waals surface area contributed by atoms with Gasteiger partial charge in [0.05, 0.1) is 7.11 Å². The summed E-state index contributed by atoms with van der Waals surface area (Å²) in [6, 6.07) is 6.83. The Labute approximate surface area is 137 Å². The van der Waals surface area contributed by atoms with E-state index in [-0.39, 0.29) is 0 Å². The predicted molar refractivity (Wildman–Crippen MR) is 87.8 cm³/mol. The number of carbonyl (C=O) groups excluding carboxylic acids is 2. The van der Waals surface area contributed by atoms with Crippen molar-refractivity contribution in [2.24, 2.45) is 5.73 Å². The zero-order chi connectivity index (χ0) is 17.6. The molecule has 128 valence electrons. The second kappa shape index (κ2) is 7.97. The fraction of sp³-hybridized carbons (Fsp3) is 0.529. The molecule has 1 rings (SSSR count). The highest BCUT2D eigenvalue weighted by molar-refractivity contribution is 5.81. The van der Waals surface area contributed by atoms with Crippen molar-refractivity contribution in [3.8, 4) is 0 Å². The van der Waals surface area contributed by atoms with E-state index in [1.54, 1.807) is 20.8 Å². The van der Waals surface area contributed by atoms with Gasteiger partial charge in [0, 0.05) is 20.0 Å². The summed E-state index contributed by atoms with van der Waals surface area (Å²) in [7, 11) is 2.83. The van der Waals surface area contributed by atoms with Gasteiger partial charge in [-0.3, -0.25) is 4.90 Å². The second-order valence-corrected chi connectivity index (χ2v) is 6.36. The lowest BCUT2D eigenvalue weighted by molar-refractivity contribution is -0.146. The first-order valence-electron chi connectivity index (χ1n) is 7.49. The van der Waals surface area contributed by atoms with Crippen LogP contribution < -0.4 is 5.73 Å². The lowest BCUT2D eigenvalue weighted by atomic mass is 10.0. The number of methoxy groups -OCH3 is 1. The van der Waals surface area contributed by atoms with Crippen LogP contribution in [0.2, 0.25) is 0 Å².